The fraction of sp³-hybridized carbons (Fsp3) is 0.500. The molecule has 0 N–H and O–H groups in total. The summed E-state index contributed by atoms with van der Waals surface area (Å²) in [6, 6.07) is 0. The van der Waals surface area contributed by atoms with Gasteiger partial charge in [0.05, 0.1) is 0 Å². The molecule has 16 heteroatoms. The Morgan fingerprint density at radius 3 is 1.50 bits per heavy atom. The molecular formula is C20H25N4O12+. The molecule has 0 aromatic carbocycles. The van der Waals surface area contributed by atoms with Crippen LogP contribution in [0.25, 0.3) is 0 Å². The molecule has 0 aromatic heterocycles. The number of nitrogens with zero attached hydrogens (tertiary/aromatic N) is 4. The Kier molecular flexibility index (Phi) is 8.15. The van der Waals surface area contributed by atoms with Gasteiger partial charge >= 0.3 is 36.5 Å². The molecule has 2 heterocycles. The summed E-state index contributed by atoms with van der Waals surface area (Å²) in [4.78, 5) is 99.8. The summed E-state index contributed by atoms with van der Waals surface area (Å²) in [5.74, 6) is -7.06. The topological polar surface area (TPSA) is 183 Å². The van der Waals surface area contributed by atoms with Crippen molar-refractivity contribution in [2.24, 2.45) is 0 Å². The number of hydrogen-bond donors (Lipinski definition) is 0. The van der Waals surface area contributed by atoms with Crippen LogP contribution in [0.1, 0.15) is 41.5 Å². The highest BCUT2D eigenvalue weighted by Gasteiger charge is 2.68. The van der Waals surface area contributed by atoms with E-state index in [0.29, 0.717) is 9.80 Å². The molecule has 0 spiro atoms. The first-order chi connectivity index (χ1) is 16.7. The molecule has 2 aliphatic rings. The Balaban J connectivity index is 2.90. The zero-order valence-electron chi connectivity index (χ0n) is 20.3. The summed E-state index contributed by atoms with van der Waals surface area (Å²) in [7, 11) is 0. The molecule has 36 heavy (non-hydrogen) atoms. The highest BCUT2D eigenvalue weighted by molar-refractivity contribution is 5.82. The van der Waals surface area contributed by atoms with E-state index < -0.39 is 77.4 Å². The fourth-order valence-electron chi connectivity index (χ4n) is 3.94. The van der Waals surface area contributed by atoms with Crippen molar-refractivity contribution in [1.82, 2.24) is 14.7 Å². The van der Waals surface area contributed by atoms with Gasteiger partial charge in [-0.05, 0) is 0 Å². The lowest BCUT2D eigenvalue weighted by molar-refractivity contribution is -0.924. The molecular weight excluding hydrogens is 488 g/mol. The predicted octanol–water partition coefficient (Wildman–Crippen LogP) is -1.59. The smallest absolute Gasteiger partial charge is 0.309 e. The molecule has 1 fully saturated rings. The van der Waals surface area contributed by atoms with E-state index in [4.69, 9.17) is 18.9 Å². The standard InChI is InChI=1S/C20H25N4O12/c1-10(27)22-16(33-12(3)29)17(34-13(4)30)23(11(2)28)20(22)24(9-26)7-21(8-25)18(35-14(5)31)19(24)36-15(6)32/h8-9,18-20H,7H2,1-6H3/q+1. The number of hydrogen-bond acceptors (Lipinski definition) is 12. The molecule has 3 unspecified atom stereocenters. The van der Waals surface area contributed by atoms with Gasteiger partial charge in [0, 0.05) is 41.5 Å². The zero-order valence-corrected chi connectivity index (χ0v) is 20.3. The number of amides is 4. The minimum atomic E-state index is -1.85. The molecule has 16 nitrogen and oxygen atoms in total. The van der Waals surface area contributed by atoms with E-state index in [-0.39, 0.29) is 12.8 Å². The third-order valence-electron chi connectivity index (χ3n) is 5.03. The van der Waals surface area contributed by atoms with E-state index in [0.717, 1.165) is 46.4 Å². The average Bonchev–Trinajstić information content (AvgIpc) is 3.20. The maximum Gasteiger partial charge on any atom is 0.309 e. The van der Waals surface area contributed by atoms with Crippen LogP contribution in [0.5, 0.6) is 0 Å². The van der Waals surface area contributed by atoms with Crippen molar-refractivity contribution in [2.45, 2.75) is 60.3 Å². The minimum absolute atomic E-state index is 0.159. The van der Waals surface area contributed by atoms with E-state index >= 15 is 0 Å². The van der Waals surface area contributed by atoms with Crippen molar-refractivity contribution >= 4 is 48.5 Å². The van der Waals surface area contributed by atoms with Gasteiger partial charge in [-0.1, -0.05) is 0 Å². The number of carbonyl (C=O) groups excluding carboxylic acids is 8. The number of carbonyl (C=O) groups is 8. The van der Waals surface area contributed by atoms with Crippen molar-refractivity contribution in [2.75, 3.05) is 6.67 Å². The minimum Gasteiger partial charge on any atom is -0.430 e. The van der Waals surface area contributed by atoms with E-state index in [1.54, 1.807) is 0 Å². The van der Waals surface area contributed by atoms with Gasteiger partial charge in [-0.15, -0.1) is 0 Å². The molecule has 4 amide bonds. The maximum atomic E-state index is 12.8. The van der Waals surface area contributed by atoms with Gasteiger partial charge < -0.3 is 18.9 Å². The summed E-state index contributed by atoms with van der Waals surface area (Å²) in [5.41, 5.74) is 0. The molecule has 0 radical (unpaired) electrons. The summed E-state index contributed by atoms with van der Waals surface area (Å²) in [6.45, 7) is 5.20. The Labute approximate surface area is 204 Å². The molecule has 0 saturated carbocycles. The second-order valence-corrected chi connectivity index (χ2v) is 7.78. The number of quaternary nitrogens is 1. The first-order valence-corrected chi connectivity index (χ1v) is 10.3. The second kappa shape index (κ2) is 10.5. The monoisotopic (exact) mass is 513 g/mol. The lowest BCUT2D eigenvalue weighted by Gasteiger charge is -2.42. The van der Waals surface area contributed by atoms with Crippen LogP contribution >= 0.6 is 0 Å². The van der Waals surface area contributed by atoms with Gasteiger partial charge in [0.2, 0.25) is 18.2 Å². The van der Waals surface area contributed by atoms with Crippen LogP contribution in [0.15, 0.2) is 11.8 Å². The summed E-state index contributed by atoms with van der Waals surface area (Å²) < 4.78 is 19.3. The third-order valence-corrected chi connectivity index (χ3v) is 5.03. The Morgan fingerprint density at radius 1 is 0.750 bits per heavy atom. The molecule has 1 saturated heterocycles. The highest BCUT2D eigenvalue weighted by Crippen LogP contribution is 2.42. The second-order valence-electron chi connectivity index (χ2n) is 7.78. The quantitative estimate of drug-likeness (QED) is 0.165. The Hall–Kier alpha value is -4.34. The third kappa shape index (κ3) is 5.02. The summed E-state index contributed by atoms with van der Waals surface area (Å²) in [6.07, 6.45) is -4.96. The SMILES string of the molecule is CC(=O)OC1=C(OC(C)=O)N(C(C)=O)C([N+]2(C=O)CN(C=O)C(OC(C)=O)C2OC(C)=O)N1C(C)=O. The first kappa shape index (κ1) is 27.9. The van der Waals surface area contributed by atoms with Crippen LogP contribution in [0, 0.1) is 0 Å². The van der Waals surface area contributed by atoms with Gasteiger partial charge in [0.15, 0.2) is 6.67 Å². The van der Waals surface area contributed by atoms with Gasteiger partial charge in [-0.3, -0.25) is 38.5 Å². The van der Waals surface area contributed by atoms with Crippen molar-refractivity contribution in [3.05, 3.63) is 11.8 Å². The number of rotatable bonds is 7. The van der Waals surface area contributed by atoms with Crippen LogP contribution in [-0.2, 0) is 57.3 Å². The van der Waals surface area contributed by atoms with Gasteiger partial charge in [-0.2, -0.15) is 4.48 Å². The molecule has 0 bridgehead atoms. The predicted molar refractivity (Wildman–Crippen MR) is 110 cm³/mol. The van der Waals surface area contributed by atoms with E-state index in [2.05, 4.69) is 0 Å². The average molecular weight is 513 g/mol. The first-order valence-electron chi connectivity index (χ1n) is 10.3. The largest absolute Gasteiger partial charge is 0.430 e. The molecule has 2 rings (SSSR count). The van der Waals surface area contributed by atoms with Crippen LogP contribution in [0.2, 0.25) is 0 Å². The molecule has 196 valence electrons. The fourth-order valence-corrected chi connectivity index (χ4v) is 3.94. The van der Waals surface area contributed by atoms with Crippen molar-refractivity contribution in [1.29, 1.82) is 0 Å². The molecule has 2 aliphatic heterocycles. The van der Waals surface area contributed by atoms with Crippen molar-refractivity contribution in [3.63, 3.8) is 0 Å². The Bertz CT molecular complexity index is 1010. The van der Waals surface area contributed by atoms with Crippen LogP contribution in [0.3, 0.4) is 0 Å². The van der Waals surface area contributed by atoms with E-state index in [1.807, 2.05) is 0 Å². The lowest BCUT2D eigenvalue weighted by Crippen LogP contribution is -2.70. The normalized spacial score (nSPS) is 23.8. The maximum absolute atomic E-state index is 12.8. The lowest BCUT2D eigenvalue weighted by atomic mass is 10.3. The molecule has 0 aromatic rings. The van der Waals surface area contributed by atoms with Crippen LogP contribution < -0.4 is 0 Å². The Morgan fingerprint density at radius 2 is 1.19 bits per heavy atom. The zero-order chi connectivity index (χ0) is 27.5. The van der Waals surface area contributed by atoms with Crippen molar-refractivity contribution < 1.29 is 61.8 Å². The van der Waals surface area contributed by atoms with Gasteiger partial charge in [0.25, 0.3) is 24.3 Å². The van der Waals surface area contributed by atoms with Crippen LogP contribution in [-0.4, -0.2) is 93.1 Å². The van der Waals surface area contributed by atoms with Gasteiger partial charge in [0.1, 0.15) is 0 Å². The van der Waals surface area contributed by atoms with Gasteiger partial charge in [-0.25, -0.2) is 14.6 Å². The van der Waals surface area contributed by atoms with Crippen molar-refractivity contribution in [3.8, 4) is 0 Å². The number of ether oxygens (including phenoxy) is 4. The highest BCUT2D eigenvalue weighted by atomic mass is 16.6. The molecule has 3 atom stereocenters. The summed E-state index contributed by atoms with van der Waals surface area (Å²) >= 11 is 0. The number of esters is 4. The van der Waals surface area contributed by atoms with E-state index in [1.165, 1.54) is 0 Å². The summed E-state index contributed by atoms with van der Waals surface area (Å²) in [5, 5.41) is 0. The van der Waals surface area contributed by atoms with Crippen LogP contribution in [0.4, 0.5) is 0 Å². The van der Waals surface area contributed by atoms with E-state index in [9.17, 15) is 38.4 Å². The molecule has 0 aliphatic carbocycles.